The van der Waals surface area contributed by atoms with Gasteiger partial charge in [0.05, 0.1) is 11.3 Å². The van der Waals surface area contributed by atoms with Crippen LogP contribution in [0.4, 0.5) is 4.79 Å². The number of imide groups is 1. The summed E-state index contributed by atoms with van der Waals surface area (Å²) >= 11 is 0. The van der Waals surface area contributed by atoms with Gasteiger partial charge in [-0.3, -0.25) is 9.69 Å². The van der Waals surface area contributed by atoms with Crippen LogP contribution in [0.5, 0.6) is 0 Å². The number of rotatable bonds is 5. The fraction of sp³-hybridized carbons (Fsp3) is 0.400. The predicted molar refractivity (Wildman–Crippen MR) is 85.0 cm³/mol. The molecule has 0 bridgehead atoms. The largest absolute Gasteiger partial charge is 0.449 e. The van der Waals surface area contributed by atoms with Crippen molar-refractivity contribution in [2.24, 2.45) is 0 Å². The monoisotopic (exact) mass is 354 g/mol. The molecule has 1 aliphatic heterocycles. The zero-order valence-corrected chi connectivity index (χ0v) is 14.1. The zero-order chi connectivity index (χ0) is 17.9. The first-order valence-electron chi connectivity index (χ1n) is 7.24. The molecule has 9 heteroatoms. The van der Waals surface area contributed by atoms with Crippen LogP contribution >= 0.6 is 0 Å². The second kappa shape index (κ2) is 7.00. The van der Waals surface area contributed by atoms with Gasteiger partial charge in [-0.05, 0) is 24.6 Å². The third-order valence-electron chi connectivity index (χ3n) is 3.37. The van der Waals surface area contributed by atoms with E-state index in [2.05, 4.69) is 5.32 Å². The van der Waals surface area contributed by atoms with E-state index in [9.17, 15) is 22.8 Å². The van der Waals surface area contributed by atoms with Crippen molar-refractivity contribution in [1.29, 1.82) is 0 Å². The first-order chi connectivity index (χ1) is 11.2. The highest BCUT2D eigenvalue weighted by atomic mass is 32.2. The Morgan fingerprint density at radius 3 is 2.42 bits per heavy atom. The summed E-state index contributed by atoms with van der Waals surface area (Å²) in [5, 5.41) is 2.49. The Morgan fingerprint density at radius 1 is 1.29 bits per heavy atom. The average molecular weight is 354 g/mol. The van der Waals surface area contributed by atoms with Crippen molar-refractivity contribution in [2.45, 2.75) is 18.8 Å². The summed E-state index contributed by atoms with van der Waals surface area (Å²) in [4.78, 5) is 36.5. The van der Waals surface area contributed by atoms with Crippen molar-refractivity contribution in [3.8, 4) is 0 Å². The van der Waals surface area contributed by atoms with E-state index in [1.807, 2.05) is 0 Å². The number of nitrogens with zero attached hydrogens (tertiary/aromatic N) is 1. The Kier molecular flexibility index (Phi) is 5.23. The third kappa shape index (κ3) is 4.54. The van der Waals surface area contributed by atoms with Crippen LogP contribution in [0.2, 0.25) is 0 Å². The maximum atomic E-state index is 12.1. The summed E-state index contributed by atoms with van der Waals surface area (Å²) in [6.07, 6.45) is 0.0220. The van der Waals surface area contributed by atoms with Gasteiger partial charge in [-0.25, -0.2) is 18.0 Å². The minimum Gasteiger partial charge on any atom is -0.449 e. The van der Waals surface area contributed by atoms with E-state index in [1.54, 1.807) is 0 Å². The van der Waals surface area contributed by atoms with E-state index in [4.69, 9.17) is 4.74 Å². The van der Waals surface area contributed by atoms with Gasteiger partial charge < -0.3 is 10.1 Å². The molecular formula is C15H18N2O6S. The lowest BCUT2D eigenvalue weighted by atomic mass is 10.1. The number of sulfone groups is 1. The molecule has 1 heterocycles. The number of nitrogens with one attached hydrogen (secondary N) is 1. The number of hydrogen-bond donors (Lipinski definition) is 1. The minimum atomic E-state index is -3.16. The van der Waals surface area contributed by atoms with Crippen molar-refractivity contribution >= 4 is 27.7 Å². The Hall–Kier alpha value is -2.42. The van der Waals surface area contributed by atoms with Gasteiger partial charge in [-0.2, -0.15) is 0 Å². The molecule has 8 nitrogen and oxygen atoms in total. The molecule has 1 aromatic rings. The van der Waals surface area contributed by atoms with Crippen LogP contribution in [0, 0.1) is 0 Å². The van der Waals surface area contributed by atoms with Crippen molar-refractivity contribution in [3.63, 3.8) is 0 Å². The number of esters is 1. The van der Waals surface area contributed by atoms with Gasteiger partial charge in [-0.1, -0.05) is 12.1 Å². The van der Waals surface area contributed by atoms with Crippen molar-refractivity contribution in [3.05, 3.63) is 35.4 Å². The third-order valence-corrected chi connectivity index (χ3v) is 4.23. The molecule has 1 saturated heterocycles. The number of benzene rings is 1. The Bertz CT molecular complexity index is 757. The smallest absolute Gasteiger partial charge is 0.338 e. The van der Waals surface area contributed by atoms with Crippen LogP contribution in [0.15, 0.2) is 24.3 Å². The molecule has 0 aromatic heterocycles. The highest BCUT2D eigenvalue weighted by Gasteiger charge is 2.31. The van der Waals surface area contributed by atoms with Crippen LogP contribution in [0.1, 0.15) is 22.8 Å². The quantitative estimate of drug-likeness (QED) is 0.763. The number of carbonyl (C=O) groups excluding carboxylic acids is 3. The van der Waals surface area contributed by atoms with E-state index in [0.717, 1.165) is 11.2 Å². The molecule has 0 radical (unpaired) electrons. The summed E-state index contributed by atoms with van der Waals surface area (Å²) in [6.45, 7) is 2.00. The zero-order valence-electron chi connectivity index (χ0n) is 13.3. The van der Waals surface area contributed by atoms with Gasteiger partial charge in [0.2, 0.25) is 0 Å². The normalized spacial score (nSPS) is 15.8. The molecule has 0 unspecified atom stereocenters. The van der Waals surface area contributed by atoms with Gasteiger partial charge >= 0.3 is 12.0 Å². The van der Waals surface area contributed by atoms with Gasteiger partial charge in [0.1, 0.15) is 0 Å². The van der Waals surface area contributed by atoms with E-state index in [-0.39, 0.29) is 17.9 Å². The number of amides is 3. The second-order valence-electron chi connectivity index (χ2n) is 5.54. The van der Waals surface area contributed by atoms with Gasteiger partial charge in [0.25, 0.3) is 5.91 Å². The maximum absolute atomic E-state index is 12.1. The summed E-state index contributed by atoms with van der Waals surface area (Å²) < 4.78 is 27.5. The highest BCUT2D eigenvalue weighted by molar-refractivity contribution is 7.89. The van der Waals surface area contributed by atoms with E-state index in [0.29, 0.717) is 12.1 Å². The van der Waals surface area contributed by atoms with Crippen LogP contribution in [-0.4, -0.2) is 56.7 Å². The molecule has 1 aromatic carbocycles. The maximum Gasteiger partial charge on any atom is 0.338 e. The Balaban J connectivity index is 1.98. The average Bonchev–Trinajstić information content (AvgIpc) is 2.91. The molecule has 0 aliphatic carbocycles. The van der Waals surface area contributed by atoms with E-state index < -0.39 is 33.8 Å². The second-order valence-corrected chi connectivity index (χ2v) is 7.68. The topological polar surface area (TPSA) is 110 Å². The minimum absolute atomic E-state index is 0.124. The number of ether oxygens (including phenoxy) is 1. The van der Waals surface area contributed by atoms with Crippen LogP contribution in [0.3, 0.4) is 0 Å². The molecular weight excluding hydrogens is 336 g/mol. The number of hydrogen-bond acceptors (Lipinski definition) is 6. The Labute approximate surface area is 139 Å². The predicted octanol–water partition coefficient (Wildman–Crippen LogP) is 0.328. The van der Waals surface area contributed by atoms with Crippen LogP contribution < -0.4 is 5.32 Å². The molecule has 0 spiro atoms. The fourth-order valence-corrected chi connectivity index (χ4v) is 3.02. The van der Waals surface area contributed by atoms with Crippen molar-refractivity contribution < 1.29 is 27.5 Å². The SMILES string of the molecule is C[C@H](OC(=O)c1ccc(CS(C)(=O)=O)cc1)C(=O)N1CCNC1=O. The molecule has 24 heavy (non-hydrogen) atoms. The molecule has 1 fully saturated rings. The molecule has 1 aliphatic rings. The van der Waals surface area contributed by atoms with Crippen LogP contribution in [0.25, 0.3) is 0 Å². The lowest BCUT2D eigenvalue weighted by molar-refractivity contribution is -0.136. The van der Waals surface area contributed by atoms with Gasteiger partial charge in [-0.15, -0.1) is 0 Å². The number of urea groups is 1. The molecule has 2 rings (SSSR count). The number of carbonyl (C=O) groups is 3. The standard InChI is InChI=1S/C15H18N2O6S/c1-10(13(18)17-8-7-16-15(17)20)23-14(19)12-5-3-11(4-6-12)9-24(2,21)22/h3-6,10H,7-9H2,1-2H3,(H,16,20)/t10-/m0/s1. The van der Waals surface area contributed by atoms with Gasteiger partial charge in [0, 0.05) is 19.3 Å². The first-order valence-corrected chi connectivity index (χ1v) is 9.30. The fourth-order valence-electron chi connectivity index (χ4n) is 2.22. The van der Waals surface area contributed by atoms with Crippen molar-refractivity contribution in [2.75, 3.05) is 19.3 Å². The molecule has 1 atom stereocenters. The lowest BCUT2D eigenvalue weighted by Gasteiger charge is -2.18. The highest BCUT2D eigenvalue weighted by Crippen LogP contribution is 2.11. The lowest BCUT2D eigenvalue weighted by Crippen LogP contribution is -2.41. The summed E-state index contributed by atoms with van der Waals surface area (Å²) in [6, 6.07) is 5.38. The molecule has 1 N–H and O–H groups in total. The van der Waals surface area contributed by atoms with Gasteiger partial charge in [0.15, 0.2) is 15.9 Å². The molecule has 0 saturated carbocycles. The molecule has 3 amide bonds. The summed E-state index contributed by atoms with van der Waals surface area (Å²) in [7, 11) is -3.16. The van der Waals surface area contributed by atoms with Crippen LogP contribution in [-0.2, 0) is 25.1 Å². The Morgan fingerprint density at radius 2 is 1.92 bits per heavy atom. The summed E-state index contributed by atoms with van der Waals surface area (Å²) in [5.74, 6) is -1.44. The van der Waals surface area contributed by atoms with E-state index in [1.165, 1.54) is 31.2 Å². The van der Waals surface area contributed by atoms with E-state index >= 15 is 0 Å². The molecule has 130 valence electrons. The first kappa shape index (κ1) is 17.9. The van der Waals surface area contributed by atoms with Crippen molar-refractivity contribution in [1.82, 2.24) is 10.2 Å². The summed E-state index contributed by atoms with van der Waals surface area (Å²) in [5.41, 5.74) is 0.740.